The number of imidazole rings is 1. The summed E-state index contributed by atoms with van der Waals surface area (Å²) in [5.74, 6) is 0.565. The van der Waals surface area contributed by atoms with E-state index in [0.29, 0.717) is 16.8 Å². The first-order chi connectivity index (χ1) is 9.36. The second kappa shape index (κ2) is 5.27. The summed E-state index contributed by atoms with van der Waals surface area (Å²) in [6.07, 6.45) is 5.74. The van der Waals surface area contributed by atoms with Crippen LogP contribution in [0.1, 0.15) is 13.3 Å². The summed E-state index contributed by atoms with van der Waals surface area (Å²) in [4.78, 5) is 20.1. The summed E-state index contributed by atoms with van der Waals surface area (Å²) in [6.45, 7) is 2.90. The second-order valence-corrected chi connectivity index (χ2v) is 4.72. The molecule has 19 heavy (non-hydrogen) atoms. The fraction of sp³-hybridized carbons (Fsp3) is 0.273. The molecular weight excluding hydrogens is 264 g/mol. The Morgan fingerprint density at radius 2 is 2.32 bits per heavy atom. The van der Waals surface area contributed by atoms with Crippen LogP contribution in [0.5, 0.6) is 0 Å². The highest BCUT2D eigenvalue weighted by Crippen LogP contribution is 2.29. The number of hydrogen-bond donors (Lipinski definition) is 2. The summed E-state index contributed by atoms with van der Waals surface area (Å²) < 4.78 is 5.22. The Kier molecular flexibility index (Phi) is 3.32. The average Bonchev–Trinajstić information content (AvgIpc) is 3.06. The zero-order valence-electron chi connectivity index (χ0n) is 10.3. The third-order valence-electron chi connectivity index (χ3n) is 2.38. The molecule has 0 radical (unpaired) electrons. The van der Waals surface area contributed by atoms with Crippen LogP contribution in [0.4, 0.5) is 5.95 Å². The number of nitrogens with zero attached hydrogens (tertiary/aromatic N) is 4. The molecule has 0 amide bonds. The van der Waals surface area contributed by atoms with E-state index in [4.69, 9.17) is 4.42 Å². The van der Waals surface area contributed by atoms with Gasteiger partial charge in [0.2, 0.25) is 5.95 Å². The zero-order valence-corrected chi connectivity index (χ0v) is 11.1. The third kappa shape index (κ3) is 2.53. The molecule has 3 heterocycles. The van der Waals surface area contributed by atoms with Gasteiger partial charge in [-0.1, -0.05) is 6.92 Å². The highest BCUT2D eigenvalue weighted by atomic mass is 32.2. The molecule has 0 aliphatic rings. The van der Waals surface area contributed by atoms with Gasteiger partial charge in [-0.25, -0.2) is 15.0 Å². The smallest absolute Gasteiger partial charge is 0.262 e. The minimum absolute atomic E-state index is 0.538. The zero-order chi connectivity index (χ0) is 13.1. The molecule has 3 aromatic heterocycles. The van der Waals surface area contributed by atoms with Crippen molar-refractivity contribution in [1.82, 2.24) is 24.9 Å². The molecule has 98 valence electrons. The summed E-state index contributed by atoms with van der Waals surface area (Å²) in [5.41, 5.74) is 1.41. The standard InChI is InChI=1S/C11H12N6OS/c1-2-3-12-10-16-8-7(14-6-15-8)9(17-10)19-11-13-4-5-18-11/h4-6H,2-3H2,1H3,(H2,12,14,15,16,17). The number of aromatic nitrogens is 5. The van der Waals surface area contributed by atoms with Gasteiger partial charge in [0.05, 0.1) is 12.5 Å². The Morgan fingerprint density at radius 1 is 1.37 bits per heavy atom. The molecule has 0 aliphatic heterocycles. The minimum Gasteiger partial charge on any atom is -0.440 e. The van der Waals surface area contributed by atoms with Crippen molar-refractivity contribution in [2.75, 3.05) is 11.9 Å². The van der Waals surface area contributed by atoms with Gasteiger partial charge < -0.3 is 14.7 Å². The number of anilines is 1. The minimum atomic E-state index is 0.538. The van der Waals surface area contributed by atoms with E-state index in [1.807, 2.05) is 0 Å². The quantitative estimate of drug-likeness (QED) is 0.691. The van der Waals surface area contributed by atoms with Crippen LogP contribution in [-0.2, 0) is 0 Å². The van der Waals surface area contributed by atoms with Crippen LogP contribution < -0.4 is 5.32 Å². The molecule has 7 nitrogen and oxygen atoms in total. The first kappa shape index (κ1) is 12.0. The number of fused-ring (bicyclic) bond motifs is 1. The van der Waals surface area contributed by atoms with Gasteiger partial charge in [0.25, 0.3) is 5.22 Å². The Balaban J connectivity index is 1.97. The Labute approximate surface area is 113 Å². The van der Waals surface area contributed by atoms with Crippen LogP contribution in [0.15, 0.2) is 33.5 Å². The molecule has 0 spiro atoms. The topological polar surface area (TPSA) is 92.5 Å². The van der Waals surface area contributed by atoms with Crippen LogP contribution in [0.2, 0.25) is 0 Å². The number of hydrogen-bond acceptors (Lipinski definition) is 7. The fourth-order valence-corrected chi connectivity index (χ4v) is 2.31. The predicted molar refractivity (Wildman–Crippen MR) is 71.1 cm³/mol. The molecule has 0 fully saturated rings. The van der Waals surface area contributed by atoms with Crippen molar-refractivity contribution >= 4 is 28.9 Å². The Hall–Kier alpha value is -2.09. The molecule has 2 N–H and O–H groups in total. The third-order valence-corrected chi connectivity index (χ3v) is 3.24. The van der Waals surface area contributed by atoms with Crippen LogP contribution in [0.3, 0.4) is 0 Å². The van der Waals surface area contributed by atoms with Crippen molar-refractivity contribution < 1.29 is 4.42 Å². The van der Waals surface area contributed by atoms with Crippen LogP contribution in [-0.4, -0.2) is 31.5 Å². The molecule has 0 atom stereocenters. The molecule has 0 bridgehead atoms. The molecular formula is C11H12N6OS. The molecule has 0 saturated carbocycles. The highest BCUT2D eigenvalue weighted by molar-refractivity contribution is 7.99. The lowest BCUT2D eigenvalue weighted by atomic mass is 10.5. The van der Waals surface area contributed by atoms with Crippen molar-refractivity contribution in [3.05, 3.63) is 18.8 Å². The van der Waals surface area contributed by atoms with E-state index in [1.54, 1.807) is 12.5 Å². The van der Waals surface area contributed by atoms with Crippen molar-refractivity contribution in [1.29, 1.82) is 0 Å². The van der Waals surface area contributed by atoms with Crippen molar-refractivity contribution in [2.24, 2.45) is 0 Å². The lowest BCUT2D eigenvalue weighted by molar-refractivity contribution is 0.454. The number of oxazole rings is 1. The monoisotopic (exact) mass is 276 g/mol. The maximum atomic E-state index is 5.22. The largest absolute Gasteiger partial charge is 0.440 e. The summed E-state index contributed by atoms with van der Waals surface area (Å²) in [7, 11) is 0. The van der Waals surface area contributed by atoms with E-state index in [0.717, 1.165) is 23.5 Å². The van der Waals surface area contributed by atoms with Crippen LogP contribution >= 0.6 is 11.8 Å². The molecule has 8 heteroatoms. The lowest BCUT2D eigenvalue weighted by Gasteiger charge is -2.04. The fourth-order valence-electron chi connectivity index (χ4n) is 1.54. The van der Waals surface area contributed by atoms with Gasteiger partial charge in [0, 0.05) is 6.54 Å². The predicted octanol–water partition coefficient (Wildman–Crippen LogP) is 2.31. The Morgan fingerprint density at radius 3 is 3.11 bits per heavy atom. The van der Waals surface area contributed by atoms with E-state index in [-0.39, 0.29) is 0 Å². The van der Waals surface area contributed by atoms with Crippen LogP contribution in [0.25, 0.3) is 11.2 Å². The summed E-state index contributed by atoms with van der Waals surface area (Å²) in [5, 5.41) is 4.43. The van der Waals surface area contributed by atoms with E-state index >= 15 is 0 Å². The maximum absolute atomic E-state index is 5.22. The van der Waals surface area contributed by atoms with Crippen molar-refractivity contribution in [2.45, 2.75) is 23.6 Å². The van der Waals surface area contributed by atoms with Gasteiger partial charge in [-0.3, -0.25) is 0 Å². The van der Waals surface area contributed by atoms with Crippen LogP contribution in [0, 0.1) is 0 Å². The van der Waals surface area contributed by atoms with E-state index in [2.05, 4.69) is 37.2 Å². The Bertz CT molecular complexity index is 665. The number of nitrogens with one attached hydrogen (secondary N) is 2. The second-order valence-electron chi connectivity index (χ2n) is 3.78. The average molecular weight is 276 g/mol. The molecule has 3 aromatic rings. The van der Waals surface area contributed by atoms with Gasteiger partial charge in [0.1, 0.15) is 16.8 Å². The van der Waals surface area contributed by atoms with Gasteiger partial charge in [0.15, 0.2) is 5.65 Å². The lowest BCUT2D eigenvalue weighted by Crippen LogP contribution is -2.05. The molecule has 0 saturated heterocycles. The number of H-pyrrole nitrogens is 1. The molecule has 3 rings (SSSR count). The first-order valence-corrected chi connectivity index (χ1v) is 6.71. The van der Waals surface area contributed by atoms with Gasteiger partial charge in [-0.15, -0.1) is 0 Å². The SMILES string of the molecule is CCCNc1nc(Sc2ncco2)c2[nH]cnc2n1. The van der Waals surface area contributed by atoms with Gasteiger partial charge in [-0.05, 0) is 18.2 Å². The first-order valence-electron chi connectivity index (χ1n) is 5.89. The van der Waals surface area contributed by atoms with Crippen molar-refractivity contribution in [3.63, 3.8) is 0 Å². The normalized spacial score (nSPS) is 11.0. The molecule has 0 aliphatic carbocycles. The molecule has 0 unspecified atom stereocenters. The maximum Gasteiger partial charge on any atom is 0.262 e. The van der Waals surface area contributed by atoms with E-state index in [1.165, 1.54) is 18.0 Å². The van der Waals surface area contributed by atoms with E-state index in [9.17, 15) is 0 Å². The van der Waals surface area contributed by atoms with Gasteiger partial charge in [-0.2, -0.15) is 4.98 Å². The summed E-state index contributed by atoms with van der Waals surface area (Å²) in [6, 6.07) is 0. The highest BCUT2D eigenvalue weighted by Gasteiger charge is 2.13. The number of aromatic amines is 1. The van der Waals surface area contributed by atoms with E-state index < -0.39 is 0 Å². The van der Waals surface area contributed by atoms with Crippen molar-refractivity contribution in [3.8, 4) is 0 Å². The number of rotatable bonds is 5. The van der Waals surface area contributed by atoms with Gasteiger partial charge >= 0.3 is 0 Å². The molecule has 0 aromatic carbocycles. The summed E-state index contributed by atoms with van der Waals surface area (Å²) >= 11 is 1.34.